The van der Waals surface area contributed by atoms with Gasteiger partial charge in [0.15, 0.2) is 11.4 Å². The van der Waals surface area contributed by atoms with Crippen LogP contribution in [0.25, 0.3) is 22.1 Å². The second-order valence-corrected chi connectivity index (χ2v) is 6.74. The van der Waals surface area contributed by atoms with Crippen molar-refractivity contribution in [1.29, 1.82) is 0 Å². The van der Waals surface area contributed by atoms with Crippen molar-refractivity contribution >= 4 is 39.5 Å². The van der Waals surface area contributed by atoms with Crippen LogP contribution in [0.2, 0.25) is 0 Å². The fraction of sp³-hybridized carbons (Fsp3) is 0.0435. The summed E-state index contributed by atoms with van der Waals surface area (Å²) in [6.45, 7) is 0.537. The van der Waals surface area contributed by atoms with Crippen molar-refractivity contribution in [2.45, 2.75) is 6.54 Å². The minimum Gasteiger partial charge on any atom is -0.450 e. The number of anilines is 2. The third kappa shape index (κ3) is 3.44. The summed E-state index contributed by atoms with van der Waals surface area (Å²) in [6, 6.07) is 18.7. The number of nitrogens with zero attached hydrogens (tertiary/aromatic N) is 3. The zero-order valence-corrected chi connectivity index (χ0v) is 15.9. The van der Waals surface area contributed by atoms with Crippen LogP contribution in [-0.4, -0.2) is 20.9 Å². The van der Waals surface area contributed by atoms with Gasteiger partial charge in [0.1, 0.15) is 17.4 Å². The molecule has 0 bridgehead atoms. The van der Waals surface area contributed by atoms with Gasteiger partial charge in [0.05, 0.1) is 0 Å². The highest BCUT2D eigenvalue weighted by Crippen LogP contribution is 2.30. The number of benzene rings is 2. The molecular weight excluding hydrogens is 378 g/mol. The maximum absolute atomic E-state index is 12.4. The van der Waals surface area contributed by atoms with Gasteiger partial charge in [0.25, 0.3) is 5.91 Å². The SMILES string of the molecule is O=C(Nc1ccncc1)c1ccc(CNc2ncnc3c2oc2ccccc23)cc1. The Hall–Kier alpha value is -4.26. The largest absolute Gasteiger partial charge is 0.450 e. The van der Waals surface area contributed by atoms with Gasteiger partial charge >= 0.3 is 0 Å². The zero-order valence-electron chi connectivity index (χ0n) is 15.9. The van der Waals surface area contributed by atoms with Crippen molar-refractivity contribution in [2.75, 3.05) is 10.6 Å². The van der Waals surface area contributed by atoms with Crippen molar-refractivity contribution in [2.24, 2.45) is 0 Å². The molecular formula is C23H17N5O2. The van der Waals surface area contributed by atoms with Crippen LogP contribution in [-0.2, 0) is 6.54 Å². The van der Waals surface area contributed by atoms with E-state index in [-0.39, 0.29) is 5.91 Å². The predicted molar refractivity (Wildman–Crippen MR) is 115 cm³/mol. The molecule has 0 atom stereocenters. The molecule has 5 aromatic rings. The second-order valence-electron chi connectivity index (χ2n) is 6.74. The number of pyridine rings is 1. The van der Waals surface area contributed by atoms with E-state index in [1.165, 1.54) is 6.33 Å². The molecule has 2 N–H and O–H groups in total. The molecule has 146 valence electrons. The Morgan fingerprint density at radius 3 is 2.57 bits per heavy atom. The van der Waals surface area contributed by atoms with Gasteiger partial charge in [0.2, 0.25) is 0 Å². The molecule has 30 heavy (non-hydrogen) atoms. The third-order valence-corrected chi connectivity index (χ3v) is 4.77. The lowest BCUT2D eigenvalue weighted by molar-refractivity contribution is 0.102. The van der Waals surface area contributed by atoms with E-state index in [1.807, 2.05) is 36.4 Å². The fourth-order valence-corrected chi connectivity index (χ4v) is 3.25. The van der Waals surface area contributed by atoms with Crippen molar-refractivity contribution in [1.82, 2.24) is 15.0 Å². The molecule has 0 aliphatic heterocycles. The number of aromatic nitrogens is 3. The van der Waals surface area contributed by atoms with Crippen molar-refractivity contribution < 1.29 is 9.21 Å². The van der Waals surface area contributed by atoms with Gasteiger partial charge in [-0.3, -0.25) is 9.78 Å². The van der Waals surface area contributed by atoms with Gasteiger partial charge in [0, 0.05) is 35.6 Å². The number of para-hydroxylation sites is 1. The highest BCUT2D eigenvalue weighted by atomic mass is 16.3. The van der Waals surface area contributed by atoms with E-state index in [9.17, 15) is 4.79 Å². The molecule has 2 aromatic carbocycles. The number of nitrogens with one attached hydrogen (secondary N) is 2. The summed E-state index contributed by atoms with van der Waals surface area (Å²) in [5.41, 5.74) is 4.49. The van der Waals surface area contributed by atoms with Gasteiger partial charge in [-0.05, 0) is 42.0 Å². The third-order valence-electron chi connectivity index (χ3n) is 4.77. The van der Waals surface area contributed by atoms with Crippen molar-refractivity contribution in [3.8, 4) is 0 Å². The van der Waals surface area contributed by atoms with Crippen LogP contribution >= 0.6 is 0 Å². The Bertz CT molecular complexity index is 1330. The molecule has 0 fully saturated rings. The van der Waals surface area contributed by atoms with Crippen LogP contribution in [0.1, 0.15) is 15.9 Å². The van der Waals surface area contributed by atoms with E-state index in [0.717, 1.165) is 22.0 Å². The highest BCUT2D eigenvalue weighted by molar-refractivity contribution is 6.05. The first-order chi connectivity index (χ1) is 14.8. The molecule has 0 unspecified atom stereocenters. The number of carbonyl (C=O) groups excluding carboxylic acids is 1. The Kier molecular flexibility index (Phi) is 4.53. The molecule has 3 heterocycles. The molecule has 0 aliphatic rings. The zero-order chi connectivity index (χ0) is 20.3. The average Bonchev–Trinajstić information content (AvgIpc) is 3.18. The van der Waals surface area contributed by atoms with Crippen LogP contribution in [0.4, 0.5) is 11.5 Å². The molecule has 0 saturated heterocycles. The summed E-state index contributed by atoms with van der Waals surface area (Å²) in [5.74, 6) is 0.469. The van der Waals surface area contributed by atoms with Gasteiger partial charge in [-0.1, -0.05) is 24.3 Å². The molecule has 1 amide bonds. The van der Waals surface area contributed by atoms with E-state index in [2.05, 4.69) is 25.6 Å². The first-order valence-corrected chi connectivity index (χ1v) is 9.44. The predicted octanol–water partition coefficient (Wildman–Crippen LogP) is 4.64. The molecule has 5 rings (SSSR count). The van der Waals surface area contributed by atoms with Crippen LogP contribution in [0.3, 0.4) is 0 Å². The Morgan fingerprint density at radius 1 is 0.933 bits per heavy atom. The van der Waals surface area contributed by atoms with Crippen LogP contribution in [0.5, 0.6) is 0 Å². The fourth-order valence-electron chi connectivity index (χ4n) is 3.25. The van der Waals surface area contributed by atoms with Crippen LogP contribution in [0, 0.1) is 0 Å². The van der Waals surface area contributed by atoms with Crippen LogP contribution in [0.15, 0.2) is 83.8 Å². The quantitative estimate of drug-likeness (QED) is 0.450. The number of fused-ring (bicyclic) bond motifs is 3. The summed E-state index contributed by atoms with van der Waals surface area (Å²) in [6.07, 6.45) is 4.80. The second kappa shape index (κ2) is 7.63. The topological polar surface area (TPSA) is 92.9 Å². The molecule has 0 aliphatic carbocycles. The Labute approximate surface area is 171 Å². The Balaban J connectivity index is 1.31. The van der Waals surface area contributed by atoms with E-state index < -0.39 is 0 Å². The minimum atomic E-state index is -0.166. The van der Waals surface area contributed by atoms with Gasteiger partial charge in [-0.2, -0.15) is 0 Å². The molecule has 0 saturated carbocycles. The summed E-state index contributed by atoms with van der Waals surface area (Å²) in [5, 5.41) is 7.11. The number of hydrogen-bond donors (Lipinski definition) is 2. The van der Waals surface area contributed by atoms with E-state index in [0.29, 0.717) is 29.2 Å². The number of furan rings is 1. The lowest BCUT2D eigenvalue weighted by Gasteiger charge is -2.08. The van der Waals surface area contributed by atoms with Gasteiger partial charge < -0.3 is 15.1 Å². The summed E-state index contributed by atoms with van der Waals surface area (Å²) in [4.78, 5) is 25.0. The van der Waals surface area contributed by atoms with Crippen LogP contribution < -0.4 is 10.6 Å². The number of rotatable bonds is 5. The van der Waals surface area contributed by atoms with Gasteiger partial charge in [-0.15, -0.1) is 0 Å². The normalized spacial score (nSPS) is 10.9. The number of carbonyl (C=O) groups is 1. The Morgan fingerprint density at radius 2 is 1.73 bits per heavy atom. The first kappa shape index (κ1) is 17.8. The number of hydrogen-bond acceptors (Lipinski definition) is 6. The maximum Gasteiger partial charge on any atom is 0.255 e. The molecule has 3 aromatic heterocycles. The molecule has 0 radical (unpaired) electrons. The molecule has 7 nitrogen and oxygen atoms in total. The number of amides is 1. The molecule has 7 heteroatoms. The standard InChI is InChI=1S/C23H17N5O2/c29-23(28-17-9-11-24-12-10-17)16-7-5-15(6-8-16)13-25-22-21-20(26-14-27-22)18-3-1-2-4-19(18)30-21/h1-12,14H,13H2,(H,24,28,29)(H,25,26,27). The van der Waals surface area contributed by atoms with E-state index in [4.69, 9.17) is 4.42 Å². The first-order valence-electron chi connectivity index (χ1n) is 9.44. The minimum absolute atomic E-state index is 0.166. The summed E-state index contributed by atoms with van der Waals surface area (Å²) >= 11 is 0. The summed E-state index contributed by atoms with van der Waals surface area (Å²) < 4.78 is 5.93. The summed E-state index contributed by atoms with van der Waals surface area (Å²) in [7, 11) is 0. The lowest BCUT2D eigenvalue weighted by atomic mass is 10.1. The smallest absolute Gasteiger partial charge is 0.255 e. The monoisotopic (exact) mass is 395 g/mol. The van der Waals surface area contributed by atoms with Gasteiger partial charge in [-0.25, -0.2) is 9.97 Å². The average molecular weight is 395 g/mol. The van der Waals surface area contributed by atoms with E-state index >= 15 is 0 Å². The molecule has 0 spiro atoms. The van der Waals surface area contributed by atoms with E-state index in [1.54, 1.807) is 36.7 Å². The van der Waals surface area contributed by atoms with Crippen molar-refractivity contribution in [3.05, 3.63) is 90.5 Å². The highest BCUT2D eigenvalue weighted by Gasteiger charge is 2.12. The lowest BCUT2D eigenvalue weighted by Crippen LogP contribution is -2.12. The maximum atomic E-state index is 12.4. The van der Waals surface area contributed by atoms with Crippen molar-refractivity contribution in [3.63, 3.8) is 0 Å².